The second kappa shape index (κ2) is 5.12. The highest BCUT2D eigenvalue weighted by atomic mass is 16.2. The monoisotopic (exact) mass is 237 g/mol. The summed E-state index contributed by atoms with van der Waals surface area (Å²) in [6, 6.07) is -0.779. The second-order valence-electron chi connectivity index (χ2n) is 3.20. The first-order valence-electron chi connectivity index (χ1n) is 4.90. The van der Waals surface area contributed by atoms with Crippen LogP contribution >= 0.6 is 0 Å². The fraction of sp³-hybridized carbons (Fsp3) is 0.400. The molecule has 1 saturated heterocycles. The molecule has 1 N–H and O–H groups in total. The maximum absolute atomic E-state index is 11.6. The van der Waals surface area contributed by atoms with Crippen molar-refractivity contribution in [2.45, 2.75) is 6.92 Å². The van der Waals surface area contributed by atoms with Gasteiger partial charge in [-0.3, -0.25) is 19.3 Å². The van der Waals surface area contributed by atoms with Gasteiger partial charge in [0.15, 0.2) is 0 Å². The number of carbonyl (C=O) groups is 4. The van der Waals surface area contributed by atoms with Crippen LogP contribution in [0.2, 0.25) is 0 Å². The van der Waals surface area contributed by atoms with E-state index in [4.69, 9.17) is 6.42 Å². The minimum Gasteiger partial charge on any atom is -0.344 e. The number of terminal acetylenes is 1. The molecule has 7 nitrogen and oxygen atoms in total. The highest BCUT2D eigenvalue weighted by molar-refractivity contribution is 6.45. The van der Waals surface area contributed by atoms with Gasteiger partial charge in [0.25, 0.3) is 0 Å². The average Bonchev–Trinajstić information content (AvgIpc) is 2.51. The Bertz CT molecular complexity index is 424. The van der Waals surface area contributed by atoms with Gasteiger partial charge < -0.3 is 5.32 Å². The quantitative estimate of drug-likeness (QED) is 0.368. The van der Waals surface area contributed by atoms with Crippen LogP contribution in [0.3, 0.4) is 0 Å². The van der Waals surface area contributed by atoms with Crippen molar-refractivity contribution in [3.05, 3.63) is 0 Å². The van der Waals surface area contributed by atoms with E-state index in [1.807, 2.05) is 0 Å². The van der Waals surface area contributed by atoms with Crippen LogP contribution in [0.25, 0.3) is 0 Å². The Morgan fingerprint density at radius 3 is 2.35 bits per heavy atom. The minimum atomic E-state index is -0.993. The summed E-state index contributed by atoms with van der Waals surface area (Å²) in [5.41, 5.74) is 0. The molecule has 0 bridgehead atoms. The number of hydrogen-bond donors (Lipinski definition) is 1. The zero-order valence-corrected chi connectivity index (χ0v) is 9.23. The molecule has 1 heterocycles. The molecule has 1 rings (SSSR count). The van der Waals surface area contributed by atoms with Crippen LogP contribution in [0.1, 0.15) is 6.92 Å². The smallest absolute Gasteiger partial charge is 0.334 e. The standard InChI is InChI=1S/C10H11N3O4/c1-3-5-11-7(14)6-13-9(16)8(15)12(4-2)10(13)17/h1H,4-6H2,2H3,(H,11,14). The van der Waals surface area contributed by atoms with Crippen molar-refractivity contribution < 1.29 is 19.2 Å². The molecule has 0 aromatic carbocycles. The van der Waals surface area contributed by atoms with Crippen molar-refractivity contribution in [2.24, 2.45) is 0 Å². The lowest BCUT2D eigenvalue weighted by atomic mass is 10.4. The first-order chi connectivity index (χ1) is 8.02. The lowest BCUT2D eigenvalue weighted by Crippen LogP contribution is -2.41. The van der Waals surface area contributed by atoms with Crippen molar-refractivity contribution in [2.75, 3.05) is 19.6 Å². The van der Waals surface area contributed by atoms with E-state index in [9.17, 15) is 19.2 Å². The van der Waals surface area contributed by atoms with Crippen LogP contribution < -0.4 is 5.32 Å². The van der Waals surface area contributed by atoms with Crippen LogP contribution in [0.15, 0.2) is 0 Å². The first kappa shape index (κ1) is 12.7. The van der Waals surface area contributed by atoms with Crippen molar-refractivity contribution in [1.29, 1.82) is 0 Å². The molecule has 0 aromatic heterocycles. The molecule has 0 aromatic rings. The Balaban J connectivity index is 2.70. The van der Waals surface area contributed by atoms with E-state index in [2.05, 4.69) is 11.2 Å². The minimum absolute atomic E-state index is 0.000489. The molecule has 0 unspecified atom stereocenters. The second-order valence-corrected chi connectivity index (χ2v) is 3.20. The summed E-state index contributed by atoms with van der Waals surface area (Å²) in [6.07, 6.45) is 4.93. The lowest BCUT2D eigenvalue weighted by molar-refractivity contribution is -0.143. The summed E-state index contributed by atoms with van der Waals surface area (Å²) in [6.45, 7) is 1.15. The summed E-state index contributed by atoms with van der Waals surface area (Å²) in [5.74, 6) is -0.318. The van der Waals surface area contributed by atoms with Gasteiger partial charge in [-0.2, -0.15) is 0 Å². The molecule has 7 heteroatoms. The highest BCUT2D eigenvalue weighted by Gasteiger charge is 2.44. The summed E-state index contributed by atoms with van der Waals surface area (Å²) in [4.78, 5) is 46.9. The Morgan fingerprint density at radius 2 is 1.88 bits per heavy atom. The SMILES string of the molecule is C#CCNC(=O)CN1C(=O)C(=O)N(CC)C1=O. The van der Waals surface area contributed by atoms with Crippen LogP contribution in [0.5, 0.6) is 0 Å². The summed E-state index contributed by atoms with van der Waals surface area (Å²) < 4.78 is 0. The molecule has 90 valence electrons. The number of imide groups is 2. The Morgan fingerprint density at radius 1 is 1.29 bits per heavy atom. The fourth-order valence-electron chi connectivity index (χ4n) is 1.32. The number of urea groups is 1. The normalized spacial score (nSPS) is 15.2. The third-order valence-electron chi connectivity index (χ3n) is 2.14. The number of likely N-dealkylation sites (N-methyl/N-ethyl adjacent to an activating group) is 1. The van der Waals surface area contributed by atoms with E-state index >= 15 is 0 Å². The first-order valence-corrected chi connectivity index (χ1v) is 4.90. The van der Waals surface area contributed by atoms with Crippen LogP contribution in [0, 0.1) is 12.3 Å². The zero-order valence-electron chi connectivity index (χ0n) is 9.23. The number of nitrogens with one attached hydrogen (secondary N) is 1. The molecular formula is C10H11N3O4. The van der Waals surface area contributed by atoms with Crippen molar-refractivity contribution in [3.63, 3.8) is 0 Å². The van der Waals surface area contributed by atoms with Crippen LogP contribution in [-0.2, 0) is 14.4 Å². The number of hydrogen-bond acceptors (Lipinski definition) is 4. The van der Waals surface area contributed by atoms with Gasteiger partial charge in [-0.05, 0) is 6.92 Å². The molecule has 0 radical (unpaired) electrons. The van der Waals surface area contributed by atoms with Gasteiger partial charge in [0.2, 0.25) is 5.91 Å². The fourth-order valence-corrected chi connectivity index (χ4v) is 1.32. The van der Waals surface area contributed by atoms with E-state index in [-0.39, 0.29) is 13.1 Å². The Hall–Kier alpha value is -2.36. The average molecular weight is 237 g/mol. The van der Waals surface area contributed by atoms with Crippen molar-refractivity contribution >= 4 is 23.8 Å². The number of nitrogens with zero attached hydrogens (tertiary/aromatic N) is 2. The van der Waals surface area contributed by atoms with Crippen LogP contribution in [0.4, 0.5) is 4.79 Å². The van der Waals surface area contributed by atoms with Gasteiger partial charge in [-0.25, -0.2) is 9.69 Å². The molecule has 17 heavy (non-hydrogen) atoms. The third-order valence-corrected chi connectivity index (χ3v) is 2.14. The predicted molar refractivity (Wildman–Crippen MR) is 56.3 cm³/mol. The maximum atomic E-state index is 11.6. The number of carbonyl (C=O) groups excluding carboxylic acids is 4. The van der Waals surface area contributed by atoms with Crippen molar-refractivity contribution in [1.82, 2.24) is 15.1 Å². The maximum Gasteiger partial charge on any atom is 0.334 e. The largest absolute Gasteiger partial charge is 0.344 e. The van der Waals surface area contributed by atoms with Gasteiger partial charge >= 0.3 is 17.8 Å². The number of amides is 5. The van der Waals surface area contributed by atoms with Gasteiger partial charge in [0.05, 0.1) is 6.54 Å². The summed E-state index contributed by atoms with van der Waals surface area (Å²) >= 11 is 0. The summed E-state index contributed by atoms with van der Waals surface area (Å²) in [5, 5.41) is 2.30. The van der Waals surface area contributed by atoms with Crippen LogP contribution in [-0.4, -0.2) is 53.2 Å². The molecule has 0 aliphatic carbocycles. The predicted octanol–water partition coefficient (Wildman–Crippen LogP) is -1.45. The number of rotatable bonds is 4. The van der Waals surface area contributed by atoms with Gasteiger partial charge in [0, 0.05) is 6.54 Å². The van der Waals surface area contributed by atoms with Gasteiger partial charge in [-0.15, -0.1) is 6.42 Å². The molecular weight excluding hydrogens is 226 g/mol. The Kier molecular flexibility index (Phi) is 3.82. The van der Waals surface area contributed by atoms with E-state index < -0.39 is 30.3 Å². The van der Waals surface area contributed by atoms with E-state index in [1.54, 1.807) is 6.92 Å². The molecule has 1 aliphatic heterocycles. The molecule has 1 aliphatic rings. The third kappa shape index (κ3) is 2.42. The molecule has 0 spiro atoms. The topological polar surface area (TPSA) is 86.8 Å². The van der Waals surface area contributed by atoms with Gasteiger partial charge in [0.1, 0.15) is 6.54 Å². The lowest BCUT2D eigenvalue weighted by Gasteiger charge is -2.13. The van der Waals surface area contributed by atoms with E-state index in [1.165, 1.54) is 0 Å². The van der Waals surface area contributed by atoms with Crippen molar-refractivity contribution in [3.8, 4) is 12.3 Å². The van der Waals surface area contributed by atoms with E-state index in [0.29, 0.717) is 4.90 Å². The molecule has 0 atom stereocenters. The van der Waals surface area contributed by atoms with Gasteiger partial charge in [-0.1, -0.05) is 5.92 Å². The summed E-state index contributed by atoms with van der Waals surface area (Å²) in [7, 11) is 0. The highest BCUT2D eigenvalue weighted by Crippen LogP contribution is 2.10. The zero-order chi connectivity index (χ0) is 13.0. The molecule has 5 amide bonds. The Labute approximate surface area is 97.7 Å². The molecule has 1 fully saturated rings. The van der Waals surface area contributed by atoms with E-state index in [0.717, 1.165) is 4.90 Å². The molecule has 0 saturated carbocycles.